The van der Waals surface area contributed by atoms with Gasteiger partial charge in [0.25, 0.3) is 0 Å². The highest BCUT2D eigenvalue weighted by molar-refractivity contribution is 7.89. The Labute approximate surface area is 133 Å². The lowest BCUT2D eigenvalue weighted by atomic mass is 10.2. The van der Waals surface area contributed by atoms with Crippen LogP contribution in [0.3, 0.4) is 0 Å². The van der Waals surface area contributed by atoms with Gasteiger partial charge in [-0.2, -0.15) is 4.37 Å². The van der Waals surface area contributed by atoms with E-state index in [0.29, 0.717) is 22.6 Å². The lowest BCUT2D eigenvalue weighted by Crippen LogP contribution is -2.11. The van der Waals surface area contributed by atoms with Crippen LogP contribution in [0.1, 0.15) is 36.3 Å². The van der Waals surface area contributed by atoms with Crippen LogP contribution in [-0.4, -0.2) is 36.9 Å². The van der Waals surface area contributed by atoms with E-state index in [0.717, 1.165) is 5.01 Å². The number of aromatic nitrogens is 3. The summed E-state index contributed by atoms with van der Waals surface area (Å²) >= 11 is 2.70. The Morgan fingerprint density at radius 1 is 1.24 bits per heavy atom. The van der Waals surface area contributed by atoms with Gasteiger partial charge < -0.3 is 4.90 Å². The molecule has 0 fully saturated rings. The van der Waals surface area contributed by atoms with Gasteiger partial charge in [0.2, 0.25) is 5.13 Å². The van der Waals surface area contributed by atoms with E-state index in [-0.39, 0.29) is 11.5 Å². The second-order valence-corrected chi connectivity index (χ2v) is 8.94. The molecule has 6 nitrogen and oxygen atoms in total. The Bertz CT molecular complexity index is 649. The van der Waals surface area contributed by atoms with Gasteiger partial charge in [0.1, 0.15) is 5.75 Å². The summed E-state index contributed by atoms with van der Waals surface area (Å²) in [5.41, 5.74) is 0.603. The normalized spacial score (nSPS) is 12.0. The van der Waals surface area contributed by atoms with Gasteiger partial charge in [-0.25, -0.2) is 18.4 Å². The maximum Gasteiger partial charge on any atom is 0.204 e. The fourth-order valence-corrected chi connectivity index (χ4v) is 4.46. The quantitative estimate of drug-likeness (QED) is 0.799. The van der Waals surface area contributed by atoms with Crippen molar-refractivity contribution in [1.82, 2.24) is 14.3 Å². The third-order valence-electron chi connectivity index (χ3n) is 2.62. The third-order valence-corrected chi connectivity index (χ3v) is 6.17. The average molecular weight is 347 g/mol. The fourth-order valence-electron chi connectivity index (χ4n) is 1.61. The van der Waals surface area contributed by atoms with E-state index >= 15 is 0 Å². The van der Waals surface area contributed by atoms with Crippen LogP contribution in [0.25, 0.3) is 0 Å². The van der Waals surface area contributed by atoms with Gasteiger partial charge in [0.05, 0.1) is 16.5 Å². The summed E-state index contributed by atoms with van der Waals surface area (Å²) in [6.07, 6.45) is 0. The number of anilines is 1. The highest BCUT2D eigenvalue weighted by atomic mass is 32.2. The maximum atomic E-state index is 12.2. The molecule has 2 aromatic heterocycles. The van der Waals surface area contributed by atoms with E-state index in [9.17, 15) is 8.42 Å². The highest BCUT2D eigenvalue weighted by Gasteiger charge is 2.19. The summed E-state index contributed by atoms with van der Waals surface area (Å²) in [7, 11) is 0.392. The number of hydrogen-bond donors (Lipinski definition) is 0. The average Bonchev–Trinajstić information content (AvgIpc) is 2.97. The monoisotopic (exact) mass is 346 g/mol. The molecule has 2 rings (SSSR count). The molecule has 0 saturated carbocycles. The predicted molar refractivity (Wildman–Crippen MR) is 86.8 cm³/mol. The van der Waals surface area contributed by atoms with Crippen molar-refractivity contribution < 1.29 is 8.42 Å². The number of thiazole rings is 1. The van der Waals surface area contributed by atoms with Gasteiger partial charge in [-0.15, -0.1) is 11.3 Å². The zero-order valence-corrected chi connectivity index (χ0v) is 14.8. The van der Waals surface area contributed by atoms with Gasteiger partial charge in [0, 0.05) is 36.9 Å². The van der Waals surface area contributed by atoms with Gasteiger partial charge in [0.15, 0.2) is 15.7 Å². The van der Waals surface area contributed by atoms with Crippen LogP contribution in [0, 0.1) is 0 Å². The maximum absolute atomic E-state index is 12.2. The first kappa shape index (κ1) is 16.3. The van der Waals surface area contributed by atoms with Gasteiger partial charge in [-0.05, 0) is 0 Å². The molecule has 0 amide bonds. The lowest BCUT2D eigenvalue weighted by molar-refractivity contribution is 0.592. The fraction of sp³-hybridized carbons (Fsp3) is 0.583. The van der Waals surface area contributed by atoms with Crippen LogP contribution in [0.5, 0.6) is 0 Å². The van der Waals surface area contributed by atoms with E-state index < -0.39 is 9.84 Å². The summed E-state index contributed by atoms with van der Waals surface area (Å²) in [6, 6.07) is 0. The van der Waals surface area contributed by atoms with Crippen LogP contribution < -0.4 is 4.90 Å². The smallest absolute Gasteiger partial charge is 0.204 e. The molecule has 0 unspecified atom stereocenters. The molecule has 21 heavy (non-hydrogen) atoms. The molecule has 0 aromatic carbocycles. The minimum Gasteiger partial charge on any atom is -0.353 e. The van der Waals surface area contributed by atoms with Crippen molar-refractivity contribution in [3.63, 3.8) is 0 Å². The van der Waals surface area contributed by atoms with Gasteiger partial charge in [-0.3, -0.25) is 0 Å². The number of sulfone groups is 1. The summed E-state index contributed by atoms with van der Waals surface area (Å²) in [5, 5.41) is 3.48. The van der Waals surface area contributed by atoms with Crippen LogP contribution in [0.4, 0.5) is 5.13 Å². The summed E-state index contributed by atoms with van der Waals surface area (Å²) < 4.78 is 28.5. The molecule has 0 bridgehead atoms. The van der Waals surface area contributed by atoms with Crippen molar-refractivity contribution in [2.45, 2.75) is 31.3 Å². The van der Waals surface area contributed by atoms with Crippen molar-refractivity contribution in [3.8, 4) is 0 Å². The molecular formula is C12H18N4O2S3. The molecule has 2 heterocycles. The van der Waals surface area contributed by atoms with E-state index in [4.69, 9.17) is 0 Å². The topological polar surface area (TPSA) is 76.1 Å². The summed E-state index contributed by atoms with van der Waals surface area (Å²) in [5.74, 6) is 0.454. The molecule has 0 N–H and O–H groups in total. The van der Waals surface area contributed by atoms with Gasteiger partial charge in [-0.1, -0.05) is 13.8 Å². The minimum absolute atomic E-state index is 0.0628. The Morgan fingerprint density at radius 3 is 2.48 bits per heavy atom. The molecule has 0 aliphatic heterocycles. The van der Waals surface area contributed by atoms with Crippen molar-refractivity contribution in [2.75, 3.05) is 19.0 Å². The number of rotatable bonds is 6. The molecule has 0 atom stereocenters. The first-order valence-corrected chi connectivity index (χ1v) is 9.89. The first-order chi connectivity index (χ1) is 9.77. The number of hydrogen-bond acceptors (Lipinski definition) is 8. The Kier molecular flexibility index (Phi) is 4.95. The summed E-state index contributed by atoms with van der Waals surface area (Å²) in [6.45, 7) is 4.08. The standard InChI is InChI=1S/C12H18N4O2S3/c1-8(2)11-13-9(5-19-11)6-21(17,18)7-10-14-12(16(3)4)20-15-10/h5,8H,6-7H2,1-4H3. The van der Waals surface area contributed by atoms with Crippen LogP contribution in [0.15, 0.2) is 5.38 Å². The molecule has 0 aliphatic carbocycles. The molecule has 0 spiro atoms. The van der Waals surface area contributed by atoms with Crippen molar-refractivity contribution in [1.29, 1.82) is 0 Å². The van der Waals surface area contributed by atoms with Crippen molar-refractivity contribution >= 4 is 37.8 Å². The SMILES string of the molecule is CC(C)c1nc(CS(=O)(=O)Cc2nsc(N(C)C)n2)cs1. The Hall–Kier alpha value is -1.06. The van der Waals surface area contributed by atoms with Crippen molar-refractivity contribution in [3.05, 3.63) is 21.9 Å². The minimum atomic E-state index is -3.31. The van der Waals surface area contributed by atoms with Crippen LogP contribution in [0.2, 0.25) is 0 Å². The third kappa shape index (κ3) is 4.45. The Morgan fingerprint density at radius 2 is 1.95 bits per heavy atom. The van der Waals surface area contributed by atoms with Gasteiger partial charge >= 0.3 is 0 Å². The lowest BCUT2D eigenvalue weighted by Gasteiger charge is -2.04. The van der Waals surface area contributed by atoms with E-state index in [1.54, 1.807) is 0 Å². The highest BCUT2D eigenvalue weighted by Crippen LogP contribution is 2.21. The molecule has 0 saturated heterocycles. The summed E-state index contributed by atoms with van der Waals surface area (Å²) in [4.78, 5) is 10.4. The van der Waals surface area contributed by atoms with Crippen molar-refractivity contribution in [2.24, 2.45) is 0 Å². The molecule has 0 radical (unpaired) electrons. The molecule has 2 aromatic rings. The zero-order chi connectivity index (χ0) is 15.6. The number of nitrogens with zero attached hydrogens (tertiary/aromatic N) is 4. The molecule has 9 heteroatoms. The van der Waals surface area contributed by atoms with Crippen LogP contribution in [-0.2, 0) is 21.3 Å². The predicted octanol–water partition coefficient (Wildman–Crippen LogP) is 2.30. The molecule has 116 valence electrons. The molecule has 0 aliphatic rings. The van der Waals surface area contributed by atoms with E-state index in [2.05, 4.69) is 14.3 Å². The molecular weight excluding hydrogens is 328 g/mol. The van der Waals surface area contributed by atoms with E-state index in [1.807, 2.05) is 38.2 Å². The first-order valence-electron chi connectivity index (χ1n) is 6.41. The second-order valence-electron chi connectivity index (χ2n) is 5.25. The second kappa shape index (κ2) is 6.37. The largest absolute Gasteiger partial charge is 0.353 e. The Balaban J connectivity index is 2.06. The zero-order valence-electron chi connectivity index (χ0n) is 12.4. The van der Waals surface area contributed by atoms with E-state index in [1.165, 1.54) is 22.9 Å². The van der Waals surface area contributed by atoms with Crippen LogP contribution >= 0.6 is 22.9 Å².